The van der Waals surface area contributed by atoms with Gasteiger partial charge in [-0.1, -0.05) is 25.5 Å². The first-order valence-electron chi connectivity index (χ1n) is 8.80. The lowest BCUT2D eigenvalue weighted by Crippen LogP contribution is -2.39. The third-order valence-corrected chi connectivity index (χ3v) is 6.32. The van der Waals surface area contributed by atoms with E-state index in [1.165, 1.54) is 4.31 Å². The minimum atomic E-state index is -3.44. The predicted octanol–water partition coefficient (Wildman–Crippen LogP) is 2.22. The maximum Gasteiger partial charge on any atom is 0.301 e. The van der Waals surface area contributed by atoms with Crippen LogP contribution in [0.1, 0.15) is 37.9 Å². The van der Waals surface area contributed by atoms with Gasteiger partial charge in [-0.05, 0) is 37.1 Å². The summed E-state index contributed by atoms with van der Waals surface area (Å²) in [6.45, 7) is 6.98. The van der Waals surface area contributed by atoms with Gasteiger partial charge < -0.3 is 4.74 Å². The molecule has 1 N–H and O–H groups in total. The lowest BCUT2D eigenvalue weighted by atomic mass is 10.1. The lowest BCUT2D eigenvalue weighted by molar-refractivity contribution is -0.0281. The van der Waals surface area contributed by atoms with Crippen LogP contribution in [0.3, 0.4) is 0 Å². The second-order valence-corrected chi connectivity index (χ2v) is 8.11. The molecule has 0 spiro atoms. The van der Waals surface area contributed by atoms with Crippen molar-refractivity contribution in [1.29, 1.82) is 0 Å². The molecule has 2 heterocycles. The number of hydrogen-bond donors (Lipinski definition) is 1. The Kier molecular flexibility index (Phi) is 5.76. The van der Waals surface area contributed by atoms with Gasteiger partial charge in [0.15, 0.2) is 0 Å². The van der Waals surface area contributed by atoms with Crippen LogP contribution >= 0.6 is 0 Å². The molecular formula is C17H27N3O3S. The Morgan fingerprint density at radius 1 is 1.12 bits per heavy atom. The summed E-state index contributed by atoms with van der Waals surface area (Å²) in [7, 11) is -3.44. The maximum atomic E-state index is 12.4. The van der Waals surface area contributed by atoms with Crippen molar-refractivity contribution in [3.63, 3.8) is 0 Å². The summed E-state index contributed by atoms with van der Waals surface area (Å²) < 4.78 is 34.9. The third kappa shape index (κ3) is 4.27. The fourth-order valence-corrected chi connectivity index (χ4v) is 4.58. The molecular weight excluding hydrogens is 326 g/mol. The molecule has 2 fully saturated rings. The summed E-state index contributed by atoms with van der Waals surface area (Å²) in [4.78, 5) is 2.36. The van der Waals surface area contributed by atoms with Gasteiger partial charge in [0.05, 0.1) is 12.7 Å². The van der Waals surface area contributed by atoms with Crippen molar-refractivity contribution in [2.45, 2.75) is 32.3 Å². The monoisotopic (exact) mass is 353 g/mol. The van der Waals surface area contributed by atoms with Gasteiger partial charge in [-0.2, -0.15) is 12.7 Å². The van der Waals surface area contributed by atoms with Crippen molar-refractivity contribution in [3.05, 3.63) is 29.8 Å². The van der Waals surface area contributed by atoms with Gasteiger partial charge in [0.1, 0.15) is 0 Å². The van der Waals surface area contributed by atoms with Crippen LogP contribution in [0.5, 0.6) is 0 Å². The molecule has 0 bridgehead atoms. The first-order valence-corrected chi connectivity index (χ1v) is 10.2. The molecule has 0 amide bonds. The maximum absolute atomic E-state index is 12.4. The van der Waals surface area contributed by atoms with Crippen molar-refractivity contribution in [1.82, 2.24) is 9.21 Å². The van der Waals surface area contributed by atoms with Crippen molar-refractivity contribution in [2.75, 3.05) is 44.1 Å². The SMILES string of the molecule is CCN1CCOC(c2ccc(NS(=O)(=O)N3CCCCC3)cc2)C1. The van der Waals surface area contributed by atoms with E-state index in [4.69, 9.17) is 4.74 Å². The number of morpholine rings is 1. The molecule has 1 aromatic carbocycles. The summed E-state index contributed by atoms with van der Waals surface area (Å²) in [5, 5.41) is 0. The number of anilines is 1. The summed E-state index contributed by atoms with van der Waals surface area (Å²) in [5.41, 5.74) is 1.70. The minimum absolute atomic E-state index is 0.0615. The van der Waals surface area contributed by atoms with Gasteiger partial charge in [0, 0.05) is 31.9 Å². The molecule has 1 unspecified atom stereocenters. The predicted molar refractivity (Wildman–Crippen MR) is 95.2 cm³/mol. The summed E-state index contributed by atoms with van der Waals surface area (Å²) in [6, 6.07) is 7.56. The molecule has 6 nitrogen and oxygen atoms in total. The molecule has 134 valence electrons. The Hall–Kier alpha value is -1.15. The van der Waals surface area contributed by atoms with Crippen LogP contribution in [0.2, 0.25) is 0 Å². The zero-order chi connectivity index (χ0) is 17.0. The Bertz CT molecular complexity index is 627. The van der Waals surface area contributed by atoms with Gasteiger partial charge in [-0.3, -0.25) is 9.62 Å². The van der Waals surface area contributed by atoms with E-state index in [9.17, 15) is 8.42 Å². The normalized spacial score (nSPS) is 24.0. The molecule has 1 aromatic rings. The van der Waals surface area contributed by atoms with Gasteiger partial charge in [0.2, 0.25) is 0 Å². The topological polar surface area (TPSA) is 61.9 Å². The second kappa shape index (κ2) is 7.82. The fraction of sp³-hybridized carbons (Fsp3) is 0.647. The summed E-state index contributed by atoms with van der Waals surface area (Å²) >= 11 is 0. The average molecular weight is 353 g/mol. The minimum Gasteiger partial charge on any atom is -0.371 e. The van der Waals surface area contributed by atoms with Crippen LogP contribution in [0, 0.1) is 0 Å². The zero-order valence-corrected chi connectivity index (χ0v) is 15.1. The smallest absolute Gasteiger partial charge is 0.301 e. The van der Waals surface area contributed by atoms with Crippen LogP contribution in [-0.2, 0) is 14.9 Å². The zero-order valence-electron chi connectivity index (χ0n) is 14.3. The molecule has 0 aliphatic carbocycles. The lowest BCUT2D eigenvalue weighted by Gasteiger charge is -2.32. The molecule has 1 atom stereocenters. The van der Waals surface area contributed by atoms with E-state index >= 15 is 0 Å². The van der Waals surface area contributed by atoms with Crippen LogP contribution in [0.4, 0.5) is 5.69 Å². The number of benzene rings is 1. The molecule has 24 heavy (non-hydrogen) atoms. The third-order valence-electron chi connectivity index (χ3n) is 4.78. The highest BCUT2D eigenvalue weighted by Crippen LogP contribution is 2.24. The van der Waals surface area contributed by atoms with Gasteiger partial charge >= 0.3 is 10.2 Å². The van der Waals surface area contributed by atoms with E-state index < -0.39 is 10.2 Å². The highest BCUT2D eigenvalue weighted by atomic mass is 32.2. The highest BCUT2D eigenvalue weighted by Gasteiger charge is 2.24. The average Bonchev–Trinajstić information content (AvgIpc) is 2.63. The molecule has 0 radical (unpaired) electrons. The second-order valence-electron chi connectivity index (χ2n) is 6.44. The summed E-state index contributed by atoms with van der Waals surface area (Å²) in [6.07, 6.45) is 3.04. The number of piperidine rings is 1. The van der Waals surface area contributed by atoms with Gasteiger partial charge in [-0.15, -0.1) is 0 Å². The number of likely N-dealkylation sites (N-methyl/N-ethyl adjacent to an activating group) is 1. The first kappa shape index (κ1) is 17.7. The van der Waals surface area contributed by atoms with E-state index in [0.717, 1.165) is 51.1 Å². The summed E-state index contributed by atoms with van der Waals surface area (Å²) in [5.74, 6) is 0. The Morgan fingerprint density at radius 2 is 1.83 bits per heavy atom. The molecule has 2 aliphatic heterocycles. The quantitative estimate of drug-likeness (QED) is 0.882. The molecule has 2 saturated heterocycles. The fourth-order valence-electron chi connectivity index (χ4n) is 3.28. The van der Waals surface area contributed by atoms with E-state index in [1.807, 2.05) is 24.3 Å². The van der Waals surface area contributed by atoms with E-state index in [0.29, 0.717) is 18.8 Å². The van der Waals surface area contributed by atoms with E-state index in [-0.39, 0.29) is 6.10 Å². The Labute approximate surface area is 145 Å². The number of nitrogens with one attached hydrogen (secondary N) is 1. The van der Waals surface area contributed by atoms with Crippen molar-refractivity contribution >= 4 is 15.9 Å². The molecule has 7 heteroatoms. The van der Waals surface area contributed by atoms with Crippen LogP contribution < -0.4 is 4.72 Å². The number of nitrogens with zero attached hydrogens (tertiary/aromatic N) is 2. The highest BCUT2D eigenvalue weighted by molar-refractivity contribution is 7.90. The van der Waals surface area contributed by atoms with Gasteiger partial charge in [-0.25, -0.2) is 0 Å². The van der Waals surface area contributed by atoms with Crippen LogP contribution in [-0.4, -0.2) is 57.0 Å². The van der Waals surface area contributed by atoms with E-state index in [2.05, 4.69) is 16.5 Å². The molecule has 3 rings (SSSR count). The molecule has 2 aliphatic rings. The molecule has 0 aromatic heterocycles. The number of ether oxygens (including phenoxy) is 1. The first-order chi connectivity index (χ1) is 11.6. The largest absolute Gasteiger partial charge is 0.371 e. The van der Waals surface area contributed by atoms with Crippen molar-refractivity contribution in [2.24, 2.45) is 0 Å². The Morgan fingerprint density at radius 3 is 2.50 bits per heavy atom. The standard InChI is InChI=1S/C17H27N3O3S/c1-2-19-12-13-23-17(14-19)15-6-8-16(9-7-15)18-24(21,22)20-10-4-3-5-11-20/h6-9,17-18H,2-5,10-14H2,1H3. The van der Waals surface area contributed by atoms with Crippen molar-refractivity contribution in [3.8, 4) is 0 Å². The Balaban J connectivity index is 1.64. The number of rotatable bonds is 5. The van der Waals surface area contributed by atoms with Gasteiger partial charge in [0.25, 0.3) is 0 Å². The van der Waals surface area contributed by atoms with E-state index in [1.54, 1.807) is 0 Å². The number of hydrogen-bond acceptors (Lipinski definition) is 4. The van der Waals surface area contributed by atoms with Crippen molar-refractivity contribution < 1.29 is 13.2 Å². The van der Waals surface area contributed by atoms with Crippen LogP contribution in [0.25, 0.3) is 0 Å². The molecule has 0 saturated carbocycles. The van der Waals surface area contributed by atoms with Crippen LogP contribution in [0.15, 0.2) is 24.3 Å².